The van der Waals surface area contributed by atoms with E-state index in [4.69, 9.17) is 20.8 Å². The van der Waals surface area contributed by atoms with Gasteiger partial charge in [0.1, 0.15) is 11.6 Å². The van der Waals surface area contributed by atoms with Gasteiger partial charge in [-0.15, -0.1) is 5.10 Å². The van der Waals surface area contributed by atoms with Crippen molar-refractivity contribution in [1.82, 2.24) is 24.6 Å². The van der Waals surface area contributed by atoms with Crippen LogP contribution in [0.3, 0.4) is 0 Å². The van der Waals surface area contributed by atoms with Gasteiger partial charge in [0.05, 0.1) is 17.6 Å². The van der Waals surface area contributed by atoms with E-state index < -0.39 is 0 Å². The third kappa shape index (κ3) is 5.08. The molecule has 5 aromatic rings. The lowest BCUT2D eigenvalue weighted by Crippen LogP contribution is -2.47. The minimum atomic E-state index is -0.293. The van der Waals surface area contributed by atoms with E-state index in [0.29, 0.717) is 35.0 Å². The van der Waals surface area contributed by atoms with Crippen LogP contribution in [-0.2, 0) is 13.0 Å². The molecular formula is C30H30FN7. The summed E-state index contributed by atoms with van der Waals surface area (Å²) >= 11 is 0. The lowest BCUT2D eigenvalue weighted by atomic mass is 10.1. The van der Waals surface area contributed by atoms with E-state index in [0.717, 1.165) is 50.3 Å². The molecule has 1 fully saturated rings. The van der Waals surface area contributed by atoms with E-state index >= 15 is 0 Å². The van der Waals surface area contributed by atoms with Gasteiger partial charge >= 0.3 is 0 Å². The smallest absolute Gasteiger partial charge is 0.228 e. The molecular weight excluding hydrogens is 477 g/mol. The van der Waals surface area contributed by atoms with Gasteiger partial charge < -0.3 is 10.6 Å². The fourth-order valence-corrected chi connectivity index (χ4v) is 4.98. The summed E-state index contributed by atoms with van der Waals surface area (Å²) in [6.45, 7) is 5.07. The number of nitrogens with two attached hydrogens (primary N) is 1. The Morgan fingerprint density at radius 1 is 0.763 bits per heavy atom. The van der Waals surface area contributed by atoms with Gasteiger partial charge in [-0.1, -0.05) is 60.7 Å². The number of aromatic nitrogens is 4. The van der Waals surface area contributed by atoms with Crippen molar-refractivity contribution < 1.29 is 4.39 Å². The van der Waals surface area contributed by atoms with Crippen molar-refractivity contribution in [3.8, 4) is 11.3 Å². The Hall–Kier alpha value is -4.30. The van der Waals surface area contributed by atoms with Crippen LogP contribution in [-0.4, -0.2) is 57.4 Å². The molecule has 2 aromatic heterocycles. The fraction of sp³-hybridized carbons (Fsp3) is 0.233. The van der Waals surface area contributed by atoms with Gasteiger partial charge in [0.2, 0.25) is 5.95 Å². The van der Waals surface area contributed by atoms with Crippen molar-refractivity contribution in [2.45, 2.75) is 13.0 Å². The normalized spacial score (nSPS) is 14.3. The average molecular weight is 508 g/mol. The Morgan fingerprint density at radius 3 is 2.11 bits per heavy atom. The minimum absolute atomic E-state index is 0.293. The monoisotopic (exact) mass is 507 g/mol. The zero-order valence-electron chi connectivity index (χ0n) is 21.2. The molecule has 0 saturated carbocycles. The number of nitrogen functional groups attached to an aromatic ring is 1. The maximum Gasteiger partial charge on any atom is 0.228 e. The summed E-state index contributed by atoms with van der Waals surface area (Å²) < 4.78 is 15.5. The van der Waals surface area contributed by atoms with Crippen LogP contribution in [0.4, 0.5) is 16.2 Å². The summed E-state index contributed by atoms with van der Waals surface area (Å²) in [5, 5.41) is 5.47. The second-order valence-electron chi connectivity index (χ2n) is 9.67. The molecule has 3 heterocycles. The van der Waals surface area contributed by atoms with Crippen LogP contribution in [0.5, 0.6) is 0 Å². The molecule has 38 heavy (non-hydrogen) atoms. The maximum atomic E-state index is 13.7. The predicted octanol–water partition coefficient (Wildman–Crippen LogP) is 4.63. The summed E-state index contributed by atoms with van der Waals surface area (Å²) in [5.41, 5.74) is 11.1. The Bertz CT molecular complexity index is 1510. The molecule has 0 radical (unpaired) electrons. The van der Waals surface area contributed by atoms with Crippen LogP contribution in [0.15, 0.2) is 84.9 Å². The van der Waals surface area contributed by atoms with Crippen LogP contribution >= 0.6 is 0 Å². The van der Waals surface area contributed by atoms with E-state index in [-0.39, 0.29) is 5.82 Å². The molecule has 2 N–H and O–H groups in total. The zero-order chi connectivity index (χ0) is 25.9. The van der Waals surface area contributed by atoms with Crippen molar-refractivity contribution in [1.29, 1.82) is 0 Å². The molecule has 0 aliphatic carbocycles. The van der Waals surface area contributed by atoms with Crippen LogP contribution in [0.25, 0.3) is 22.3 Å². The van der Waals surface area contributed by atoms with Crippen LogP contribution in [0.1, 0.15) is 11.1 Å². The standard InChI is InChI=1S/C30H30FN7/c31-25-13-11-24(12-14-25)27-26-28(32)38(21-23-9-5-2-6-10-23)35-29(26)34-30(33-27)37-19-17-36(18-20-37)16-15-22-7-3-1-4-8-22/h1-14H,15-21,32H2. The van der Waals surface area contributed by atoms with E-state index in [1.54, 1.807) is 16.8 Å². The number of anilines is 2. The Labute approximate surface area is 221 Å². The molecule has 0 amide bonds. The number of rotatable bonds is 7. The number of piperazine rings is 1. The van der Waals surface area contributed by atoms with Gasteiger partial charge in [0, 0.05) is 38.3 Å². The van der Waals surface area contributed by atoms with E-state index in [1.807, 2.05) is 30.3 Å². The third-order valence-electron chi connectivity index (χ3n) is 7.14. The van der Waals surface area contributed by atoms with Crippen LogP contribution < -0.4 is 10.6 Å². The van der Waals surface area contributed by atoms with Crippen molar-refractivity contribution in [2.75, 3.05) is 43.4 Å². The highest BCUT2D eigenvalue weighted by atomic mass is 19.1. The topological polar surface area (TPSA) is 76.1 Å². The number of benzene rings is 3. The maximum absolute atomic E-state index is 13.7. The van der Waals surface area contributed by atoms with Crippen LogP contribution in [0.2, 0.25) is 0 Å². The van der Waals surface area contributed by atoms with Gasteiger partial charge in [0.25, 0.3) is 0 Å². The molecule has 0 spiro atoms. The average Bonchev–Trinajstić information content (AvgIpc) is 3.28. The lowest BCUT2D eigenvalue weighted by Gasteiger charge is -2.34. The first kappa shape index (κ1) is 24.1. The zero-order valence-corrected chi connectivity index (χ0v) is 21.2. The first-order valence-electron chi connectivity index (χ1n) is 13.0. The molecule has 192 valence electrons. The van der Waals surface area contributed by atoms with Crippen molar-refractivity contribution in [3.63, 3.8) is 0 Å². The van der Waals surface area contributed by atoms with Crippen molar-refractivity contribution >= 4 is 22.8 Å². The first-order chi connectivity index (χ1) is 18.6. The largest absolute Gasteiger partial charge is 0.383 e. The minimum Gasteiger partial charge on any atom is -0.383 e. The van der Waals surface area contributed by atoms with Crippen LogP contribution in [0, 0.1) is 5.82 Å². The fourth-order valence-electron chi connectivity index (χ4n) is 4.98. The molecule has 7 nitrogen and oxygen atoms in total. The number of hydrogen-bond acceptors (Lipinski definition) is 6. The molecule has 0 unspecified atom stereocenters. The molecule has 6 rings (SSSR count). The SMILES string of the molecule is Nc1c2c(-c3ccc(F)cc3)nc(N3CCN(CCc4ccccc4)CC3)nc2nn1Cc1ccccc1. The van der Waals surface area contributed by atoms with Crippen molar-refractivity contribution in [3.05, 3.63) is 102 Å². The van der Waals surface area contributed by atoms with E-state index in [2.05, 4.69) is 40.1 Å². The predicted molar refractivity (Wildman–Crippen MR) is 149 cm³/mol. The molecule has 1 aliphatic rings. The molecule has 0 atom stereocenters. The quantitative estimate of drug-likeness (QED) is 0.346. The van der Waals surface area contributed by atoms with Gasteiger partial charge in [-0.25, -0.2) is 14.1 Å². The Morgan fingerprint density at radius 2 is 1.42 bits per heavy atom. The molecule has 3 aromatic carbocycles. The molecule has 0 bridgehead atoms. The Balaban J connectivity index is 1.28. The summed E-state index contributed by atoms with van der Waals surface area (Å²) in [6, 6.07) is 27.0. The van der Waals surface area contributed by atoms with E-state index in [1.165, 1.54) is 17.7 Å². The second-order valence-corrected chi connectivity index (χ2v) is 9.67. The molecule has 8 heteroatoms. The summed E-state index contributed by atoms with van der Waals surface area (Å²) in [7, 11) is 0. The van der Waals surface area contributed by atoms with E-state index in [9.17, 15) is 4.39 Å². The summed E-state index contributed by atoms with van der Waals surface area (Å²) in [6.07, 6.45) is 1.04. The number of hydrogen-bond donors (Lipinski definition) is 1. The number of nitrogens with zero attached hydrogens (tertiary/aromatic N) is 6. The van der Waals surface area contributed by atoms with Gasteiger partial charge in [-0.2, -0.15) is 4.98 Å². The first-order valence-corrected chi connectivity index (χ1v) is 13.0. The summed E-state index contributed by atoms with van der Waals surface area (Å²) in [5.74, 6) is 0.836. The number of halogens is 1. The lowest BCUT2D eigenvalue weighted by molar-refractivity contribution is 0.260. The highest BCUT2D eigenvalue weighted by molar-refractivity contribution is 5.99. The van der Waals surface area contributed by atoms with Gasteiger partial charge in [0.15, 0.2) is 5.65 Å². The highest BCUT2D eigenvalue weighted by Crippen LogP contribution is 2.33. The number of fused-ring (bicyclic) bond motifs is 1. The highest BCUT2D eigenvalue weighted by Gasteiger charge is 2.24. The van der Waals surface area contributed by atoms with Gasteiger partial charge in [-0.05, 0) is 41.8 Å². The summed E-state index contributed by atoms with van der Waals surface area (Å²) in [4.78, 5) is 14.5. The van der Waals surface area contributed by atoms with Gasteiger partial charge in [-0.3, -0.25) is 4.90 Å². The Kier molecular flexibility index (Phi) is 6.71. The third-order valence-corrected chi connectivity index (χ3v) is 7.14. The van der Waals surface area contributed by atoms with Crippen molar-refractivity contribution in [2.24, 2.45) is 0 Å². The molecule has 1 saturated heterocycles. The molecule has 1 aliphatic heterocycles. The second kappa shape index (κ2) is 10.6.